The molecule has 0 aliphatic carbocycles. The van der Waals surface area contributed by atoms with Crippen molar-refractivity contribution in [3.8, 4) is 22.3 Å². The normalized spacial score (nSPS) is 11.7. The van der Waals surface area contributed by atoms with E-state index in [4.69, 9.17) is 8.83 Å². The standard InChI is InChI=1S/C76H49N3O2S/c1-5-19-50(20-6-1)52-22-17-31-59(43-52)78(56-26-9-3-10-27-56)62-46-69-68-45-54(36-42-72(68)81-75(69)70(47-62)79(57-28-11-4-12-29-57)60-37-40-65-64-33-15-16-34-71(64)80-73(65)48-60)53-23-18-30-58(44-53)77(55-24-7-2-8-25-55)61-38-41-66-67-39-35-51-21-13-14-32-63(51)76(67)82-74(66)49-61/h1-49H. The Balaban J connectivity index is 0.891. The van der Waals surface area contributed by atoms with E-state index in [1.54, 1.807) is 0 Å². The highest BCUT2D eigenvalue weighted by Crippen LogP contribution is 2.50. The summed E-state index contributed by atoms with van der Waals surface area (Å²) in [5, 5.41) is 9.27. The zero-order valence-corrected chi connectivity index (χ0v) is 45.2. The lowest BCUT2D eigenvalue weighted by Gasteiger charge is -2.30. The van der Waals surface area contributed by atoms with E-state index in [1.807, 2.05) is 23.5 Å². The molecule has 3 heterocycles. The minimum absolute atomic E-state index is 0.768. The number of benzene rings is 13. The van der Waals surface area contributed by atoms with E-state index in [0.717, 1.165) is 117 Å². The summed E-state index contributed by atoms with van der Waals surface area (Å²) < 4.78 is 16.4. The van der Waals surface area contributed by atoms with Gasteiger partial charge in [0, 0.05) is 87.6 Å². The van der Waals surface area contributed by atoms with Crippen LogP contribution in [0.3, 0.4) is 0 Å². The fourth-order valence-corrected chi connectivity index (χ4v) is 13.4. The molecule has 0 saturated carbocycles. The van der Waals surface area contributed by atoms with Crippen molar-refractivity contribution < 1.29 is 8.83 Å². The van der Waals surface area contributed by atoms with Gasteiger partial charge in [-0.25, -0.2) is 0 Å². The average molecular weight is 1070 g/mol. The van der Waals surface area contributed by atoms with Gasteiger partial charge in [0.25, 0.3) is 0 Å². The molecule has 0 N–H and O–H groups in total. The second kappa shape index (κ2) is 19.6. The Bertz CT molecular complexity index is 5070. The predicted octanol–water partition coefficient (Wildman–Crippen LogP) is 22.7. The first-order valence-electron chi connectivity index (χ1n) is 27.7. The van der Waals surface area contributed by atoms with E-state index in [9.17, 15) is 0 Å². The Morgan fingerprint density at radius 1 is 0.244 bits per heavy atom. The molecule has 0 spiro atoms. The highest BCUT2D eigenvalue weighted by atomic mass is 32.1. The van der Waals surface area contributed by atoms with Crippen LogP contribution >= 0.6 is 11.3 Å². The van der Waals surface area contributed by atoms with Gasteiger partial charge in [-0.3, -0.25) is 0 Å². The number of anilines is 9. The van der Waals surface area contributed by atoms with Crippen LogP contribution in [0.4, 0.5) is 51.2 Å². The molecule has 0 bridgehead atoms. The topological polar surface area (TPSA) is 36.0 Å². The van der Waals surface area contributed by atoms with Gasteiger partial charge in [0.05, 0.1) is 11.4 Å². The van der Waals surface area contributed by atoms with E-state index >= 15 is 0 Å². The van der Waals surface area contributed by atoms with Crippen LogP contribution in [0.15, 0.2) is 306 Å². The van der Waals surface area contributed by atoms with Crippen molar-refractivity contribution in [1.29, 1.82) is 0 Å². The van der Waals surface area contributed by atoms with Crippen LogP contribution in [0.25, 0.3) is 97.1 Å². The van der Waals surface area contributed by atoms with Crippen molar-refractivity contribution in [2.75, 3.05) is 14.7 Å². The average Bonchev–Trinajstić information content (AvgIpc) is 4.41. The maximum absolute atomic E-state index is 7.22. The van der Waals surface area contributed by atoms with Gasteiger partial charge in [-0.15, -0.1) is 11.3 Å². The highest BCUT2D eigenvalue weighted by molar-refractivity contribution is 7.26. The summed E-state index contributed by atoms with van der Waals surface area (Å²) >= 11 is 1.87. The fraction of sp³-hybridized carbons (Fsp3) is 0. The Morgan fingerprint density at radius 3 is 1.48 bits per heavy atom. The molecular formula is C76H49N3O2S. The number of hydrogen-bond donors (Lipinski definition) is 0. The van der Waals surface area contributed by atoms with Gasteiger partial charge in [-0.1, -0.05) is 176 Å². The van der Waals surface area contributed by atoms with Crippen LogP contribution in [0.5, 0.6) is 0 Å². The van der Waals surface area contributed by atoms with E-state index in [1.165, 1.54) is 30.9 Å². The number of hydrogen-bond acceptors (Lipinski definition) is 6. The summed E-state index contributed by atoms with van der Waals surface area (Å²) in [5.74, 6) is 0. The van der Waals surface area contributed by atoms with E-state index in [0.29, 0.717) is 0 Å². The number of furan rings is 2. The first-order chi connectivity index (χ1) is 40.6. The van der Waals surface area contributed by atoms with Crippen LogP contribution in [0.2, 0.25) is 0 Å². The van der Waals surface area contributed by atoms with Crippen molar-refractivity contribution in [2.45, 2.75) is 0 Å². The molecule has 0 amide bonds. The van der Waals surface area contributed by atoms with Crippen LogP contribution in [-0.2, 0) is 0 Å². The molecule has 82 heavy (non-hydrogen) atoms. The van der Waals surface area contributed by atoms with Gasteiger partial charge in [0.15, 0.2) is 5.58 Å². The molecule has 0 aliphatic heterocycles. The summed E-state index contributed by atoms with van der Waals surface area (Å²) in [6.07, 6.45) is 0. The Kier molecular flexibility index (Phi) is 11.3. The second-order valence-electron chi connectivity index (χ2n) is 20.9. The molecule has 13 aromatic carbocycles. The Labute approximate surface area is 477 Å². The van der Waals surface area contributed by atoms with Crippen LogP contribution < -0.4 is 14.7 Å². The van der Waals surface area contributed by atoms with Gasteiger partial charge in [-0.2, -0.15) is 0 Å². The summed E-state index contributed by atoms with van der Waals surface area (Å²) in [6.45, 7) is 0. The number of fused-ring (bicyclic) bond motifs is 11. The van der Waals surface area contributed by atoms with Crippen molar-refractivity contribution in [3.63, 3.8) is 0 Å². The van der Waals surface area contributed by atoms with Crippen molar-refractivity contribution in [1.82, 2.24) is 0 Å². The van der Waals surface area contributed by atoms with Gasteiger partial charge in [0.2, 0.25) is 0 Å². The number of thiophene rings is 1. The molecule has 0 fully saturated rings. The van der Waals surface area contributed by atoms with E-state index in [-0.39, 0.29) is 0 Å². The predicted molar refractivity (Wildman–Crippen MR) is 346 cm³/mol. The summed E-state index contributed by atoms with van der Waals surface area (Å²) in [4.78, 5) is 7.05. The first-order valence-corrected chi connectivity index (χ1v) is 28.5. The smallest absolute Gasteiger partial charge is 0.159 e. The summed E-state index contributed by atoms with van der Waals surface area (Å²) in [6, 6.07) is 106. The van der Waals surface area contributed by atoms with E-state index < -0.39 is 0 Å². The van der Waals surface area contributed by atoms with Gasteiger partial charge >= 0.3 is 0 Å². The zero-order chi connectivity index (χ0) is 54.1. The molecule has 16 rings (SSSR count). The second-order valence-corrected chi connectivity index (χ2v) is 21.9. The summed E-state index contributed by atoms with van der Waals surface area (Å²) in [7, 11) is 0. The molecule has 0 unspecified atom stereocenters. The quantitative estimate of drug-likeness (QED) is 0.129. The largest absolute Gasteiger partial charge is 0.456 e. The Morgan fingerprint density at radius 2 is 0.756 bits per heavy atom. The molecular weight excluding hydrogens is 1020 g/mol. The maximum atomic E-state index is 7.22. The number of para-hydroxylation sites is 4. The van der Waals surface area contributed by atoms with Crippen molar-refractivity contribution in [3.05, 3.63) is 297 Å². The van der Waals surface area contributed by atoms with Crippen molar-refractivity contribution >= 4 is 137 Å². The van der Waals surface area contributed by atoms with Gasteiger partial charge < -0.3 is 23.5 Å². The lowest BCUT2D eigenvalue weighted by molar-refractivity contribution is 0.667. The van der Waals surface area contributed by atoms with Gasteiger partial charge in [0.1, 0.15) is 16.7 Å². The van der Waals surface area contributed by atoms with Crippen LogP contribution in [-0.4, -0.2) is 0 Å². The molecule has 0 aliphatic rings. The monoisotopic (exact) mass is 1070 g/mol. The maximum Gasteiger partial charge on any atom is 0.159 e. The minimum Gasteiger partial charge on any atom is -0.456 e. The zero-order valence-electron chi connectivity index (χ0n) is 44.4. The first kappa shape index (κ1) is 47.3. The third kappa shape index (κ3) is 8.15. The SMILES string of the molecule is c1ccc(-c2cccc(N(c3ccccc3)c3cc(N(c4ccccc4)c4ccc5c(c4)oc4ccccc45)c4oc5ccc(-c6cccc(N(c7ccccc7)c7ccc8c(c7)sc7c9ccccc9ccc87)c6)cc5c4c3)c2)cc1. The third-order valence-electron chi connectivity index (χ3n) is 16.0. The third-order valence-corrected chi connectivity index (χ3v) is 17.2. The minimum atomic E-state index is 0.768. The molecule has 16 aromatic rings. The Hall–Kier alpha value is -10.7. The van der Waals surface area contributed by atoms with Crippen LogP contribution in [0, 0.1) is 0 Å². The molecule has 5 nitrogen and oxygen atoms in total. The molecule has 0 saturated heterocycles. The lowest BCUT2D eigenvalue weighted by atomic mass is 10.0. The number of nitrogens with zero attached hydrogens (tertiary/aromatic N) is 3. The molecule has 3 aromatic heterocycles. The highest BCUT2D eigenvalue weighted by Gasteiger charge is 2.26. The lowest BCUT2D eigenvalue weighted by Crippen LogP contribution is -2.13. The molecule has 0 atom stereocenters. The molecule has 0 radical (unpaired) electrons. The van der Waals surface area contributed by atoms with Crippen LogP contribution in [0.1, 0.15) is 0 Å². The van der Waals surface area contributed by atoms with E-state index in [2.05, 4.69) is 300 Å². The summed E-state index contributed by atoms with van der Waals surface area (Å²) in [5.41, 5.74) is 16.8. The molecule has 6 heteroatoms. The number of rotatable bonds is 11. The van der Waals surface area contributed by atoms with Gasteiger partial charge in [-0.05, 0) is 148 Å². The molecule has 386 valence electrons. The van der Waals surface area contributed by atoms with Crippen molar-refractivity contribution in [2.24, 2.45) is 0 Å². The fourth-order valence-electron chi connectivity index (χ4n) is 12.1.